The van der Waals surface area contributed by atoms with E-state index in [1.165, 1.54) is 12.1 Å². The standard InChI is InChI=1S/C14H5F3/c15-10-5-3-8-1-2-9-4-6-12(16)14(17)13(9)11(8)7-10/h1-4,7H. The van der Waals surface area contributed by atoms with Crippen LogP contribution < -0.4 is 0 Å². The van der Waals surface area contributed by atoms with Gasteiger partial charge in [-0.15, -0.1) is 0 Å². The van der Waals surface area contributed by atoms with E-state index in [0.29, 0.717) is 16.2 Å². The molecule has 0 bridgehead atoms. The van der Waals surface area contributed by atoms with Gasteiger partial charge in [0.2, 0.25) is 0 Å². The van der Waals surface area contributed by atoms with Crippen LogP contribution in [-0.4, -0.2) is 0 Å². The van der Waals surface area contributed by atoms with E-state index in [4.69, 9.17) is 0 Å². The summed E-state index contributed by atoms with van der Waals surface area (Å²) in [6.07, 6.45) is 0. The molecule has 3 heteroatoms. The quantitative estimate of drug-likeness (QED) is 0.512. The normalized spacial score (nSPS) is 11.2. The molecule has 0 aromatic heterocycles. The van der Waals surface area contributed by atoms with E-state index in [0.717, 1.165) is 6.07 Å². The van der Waals surface area contributed by atoms with Crippen LogP contribution in [0.25, 0.3) is 21.5 Å². The van der Waals surface area contributed by atoms with Crippen LogP contribution in [0.15, 0.2) is 30.3 Å². The molecular formula is C14H5F3. The summed E-state index contributed by atoms with van der Waals surface area (Å²) in [5.74, 6) is -2.66. The molecule has 0 spiro atoms. The van der Waals surface area contributed by atoms with Crippen molar-refractivity contribution in [2.45, 2.75) is 0 Å². The zero-order valence-corrected chi connectivity index (χ0v) is 8.52. The van der Waals surface area contributed by atoms with Crippen LogP contribution in [0.5, 0.6) is 0 Å². The Balaban J connectivity index is 2.61. The Bertz CT molecular complexity index is 732. The first-order valence-electron chi connectivity index (χ1n) is 4.96. The topological polar surface area (TPSA) is 0 Å². The molecule has 3 rings (SSSR count). The summed E-state index contributed by atoms with van der Waals surface area (Å²) in [4.78, 5) is 0. The second-order valence-electron chi connectivity index (χ2n) is 3.73. The molecule has 0 fully saturated rings. The lowest BCUT2D eigenvalue weighted by molar-refractivity contribution is 0.516. The maximum absolute atomic E-state index is 13.7. The number of rotatable bonds is 0. The van der Waals surface area contributed by atoms with Crippen molar-refractivity contribution < 1.29 is 13.2 Å². The van der Waals surface area contributed by atoms with Crippen molar-refractivity contribution in [2.75, 3.05) is 0 Å². The highest BCUT2D eigenvalue weighted by Gasteiger charge is 2.11. The Morgan fingerprint density at radius 1 is 0.882 bits per heavy atom. The van der Waals surface area contributed by atoms with E-state index in [1.54, 1.807) is 12.1 Å². The maximum Gasteiger partial charge on any atom is 0.167 e. The van der Waals surface area contributed by atoms with E-state index in [9.17, 15) is 13.2 Å². The molecule has 0 aliphatic heterocycles. The van der Waals surface area contributed by atoms with Gasteiger partial charge in [0, 0.05) is 17.5 Å². The fourth-order valence-corrected chi connectivity index (χ4v) is 1.93. The van der Waals surface area contributed by atoms with Crippen LogP contribution in [0.4, 0.5) is 13.2 Å². The summed E-state index contributed by atoms with van der Waals surface area (Å²) in [5, 5.41) is 1.52. The van der Waals surface area contributed by atoms with Crippen LogP contribution in [0, 0.1) is 29.6 Å². The van der Waals surface area contributed by atoms with Gasteiger partial charge in [-0.1, -0.05) is 12.1 Å². The molecule has 0 unspecified atom stereocenters. The van der Waals surface area contributed by atoms with Crippen LogP contribution in [-0.2, 0) is 0 Å². The predicted molar refractivity (Wildman–Crippen MR) is 59.0 cm³/mol. The molecule has 0 amide bonds. The average Bonchev–Trinajstić information content (AvgIpc) is 2.33. The first-order chi connectivity index (χ1) is 8.16. The van der Waals surface area contributed by atoms with Crippen molar-refractivity contribution in [1.29, 1.82) is 0 Å². The van der Waals surface area contributed by atoms with Gasteiger partial charge in [-0.3, -0.25) is 0 Å². The Hall–Kier alpha value is -2.03. The van der Waals surface area contributed by atoms with Gasteiger partial charge in [-0.25, -0.2) is 13.2 Å². The molecule has 0 aliphatic carbocycles. The minimum Gasteiger partial charge on any atom is -0.206 e. The second kappa shape index (κ2) is 3.48. The SMILES string of the molecule is Fc1[c]cc2ccc3c[c]c(F)c(F)c3c2c1. The molecule has 0 saturated heterocycles. The minimum absolute atomic E-state index is 0.0756. The summed E-state index contributed by atoms with van der Waals surface area (Å²) in [6.45, 7) is 0. The maximum atomic E-state index is 13.7. The molecule has 17 heavy (non-hydrogen) atoms. The Labute approximate surface area is 95.3 Å². The Morgan fingerprint density at radius 2 is 1.59 bits per heavy atom. The van der Waals surface area contributed by atoms with Crippen molar-refractivity contribution in [3.05, 3.63) is 59.9 Å². The van der Waals surface area contributed by atoms with Crippen molar-refractivity contribution >= 4 is 21.5 Å². The van der Waals surface area contributed by atoms with Crippen molar-refractivity contribution in [3.63, 3.8) is 0 Å². The highest BCUT2D eigenvalue weighted by atomic mass is 19.2. The van der Waals surface area contributed by atoms with Gasteiger partial charge >= 0.3 is 0 Å². The largest absolute Gasteiger partial charge is 0.206 e. The first kappa shape index (κ1) is 10.1. The lowest BCUT2D eigenvalue weighted by atomic mass is 10.0. The van der Waals surface area contributed by atoms with Crippen LogP contribution in [0.2, 0.25) is 0 Å². The molecule has 2 radical (unpaired) electrons. The van der Waals surface area contributed by atoms with Gasteiger partial charge in [-0.05, 0) is 34.4 Å². The molecule has 0 atom stereocenters. The molecule has 3 aromatic carbocycles. The van der Waals surface area contributed by atoms with Crippen LogP contribution in [0.1, 0.15) is 0 Å². The van der Waals surface area contributed by atoms with E-state index in [2.05, 4.69) is 12.1 Å². The van der Waals surface area contributed by atoms with E-state index < -0.39 is 17.5 Å². The van der Waals surface area contributed by atoms with E-state index >= 15 is 0 Å². The molecule has 0 heterocycles. The lowest BCUT2D eigenvalue weighted by Gasteiger charge is -2.05. The Morgan fingerprint density at radius 3 is 2.41 bits per heavy atom. The van der Waals surface area contributed by atoms with Gasteiger partial charge in [0.1, 0.15) is 5.82 Å². The average molecular weight is 230 g/mol. The van der Waals surface area contributed by atoms with Gasteiger partial charge in [0.15, 0.2) is 11.6 Å². The van der Waals surface area contributed by atoms with Gasteiger partial charge in [0.25, 0.3) is 0 Å². The third-order valence-corrected chi connectivity index (χ3v) is 2.71. The lowest BCUT2D eigenvalue weighted by Crippen LogP contribution is -1.89. The van der Waals surface area contributed by atoms with E-state index in [-0.39, 0.29) is 5.39 Å². The van der Waals surface area contributed by atoms with E-state index in [1.807, 2.05) is 0 Å². The molecule has 3 aromatic rings. The minimum atomic E-state index is -1.06. The second-order valence-corrected chi connectivity index (χ2v) is 3.73. The zero-order valence-electron chi connectivity index (χ0n) is 8.52. The number of hydrogen-bond donors (Lipinski definition) is 0. The highest BCUT2D eigenvalue weighted by molar-refractivity contribution is 6.07. The summed E-state index contributed by atoms with van der Waals surface area (Å²) >= 11 is 0. The number of fused-ring (bicyclic) bond motifs is 3. The third-order valence-electron chi connectivity index (χ3n) is 2.71. The summed E-state index contributed by atoms with van der Waals surface area (Å²) in [5.41, 5.74) is 0. The van der Waals surface area contributed by atoms with Crippen molar-refractivity contribution in [3.8, 4) is 0 Å². The summed E-state index contributed by atoms with van der Waals surface area (Å²) < 4.78 is 40.0. The fourth-order valence-electron chi connectivity index (χ4n) is 1.93. The summed E-state index contributed by atoms with van der Waals surface area (Å²) in [7, 11) is 0. The molecule has 0 saturated carbocycles. The monoisotopic (exact) mass is 230 g/mol. The number of halogens is 3. The van der Waals surface area contributed by atoms with Crippen LogP contribution >= 0.6 is 0 Å². The van der Waals surface area contributed by atoms with Crippen molar-refractivity contribution in [1.82, 2.24) is 0 Å². The predicted octanol–water partition coefficient (Wildman–Crippen LogP) is 4.01. The van der Waals surface area contributed by atoms with Gasteiger partial charge in [0.05, 0.1) is 0 Å². The first-order valence-corrected chi connectivity index (χ1v) is 4.96. The molecule has 0 aliphatic rings. The number of hydrogen-bond acceptors (Lipinski definition) is 0. The molecule has 0 nitrogen and oxygen atoms in total. The fraction of sp³-hybridized carbons (Fsp3) is 0. The smallest absolute Gasteiger partial charge is 0.167 e. The van der Waals surface area contributed by atoms with Gasteiger partial charge in [-0.2, -0.15) is 0 Å². The highest BCUT2D eigenvalue weighted by Crippen LogP contribution is 2.29. The third kappa shape index (κ3) is 1.46. The van der Waals surface area contributed by atoms with Crippen molar-refractivity contribution in [2.24, 2.45) is 0 Å². The number of benzene rings is 3. The Kier molecular flexibility index (Phi) is 2.08. The van der Waals surface area contributed by atoms with Crippen LogP contribution in [0.3, 0.4) is 0 Å². The molecule has 0 N–H and O–H groups in total. The molecular weight excluding hydrogens is 225 g/mol. The van der Waals surface area contributed by atoms with Gasteiger partial charge < -0.3 is 0 Å². The summed E-state index contributed by atoms with van der Waals surface area (Å²) in [6, 6.07) is 11.8. The zero-order chi connectivity index (χ0) is 12.0. The molecule has 82 valence electrons.